The van der Waals surface area contributed by atoms with E-state index in [2.05, 4.69) is 43.4 Å². The van der Waals surface area contributed by atoms with Crippen LogP contribution >= 0.6 is 34.2 Å². The molecule has 0 aliphatic heterocycles. The normalized spacial score (nSPS) is 13.3. The highest BCUT2D eigenvalue weighted by molar-refractivity contribution is 14.1. The standard InChI is InChI=1S/C22H31ClINO3SSi/c1-5-30(6-2,7-3)28-22(16-24)19-13-14-20(23)21(15-19)25(29(4,26)27)17-18-11-9-8-10-12-18/h8-15,22H,5-7,16-17H2,1-4H3/t22-/m0/s1. The van der Waals surface area contributed by atoms with E-state index in [0.717, 1.165) is 33.7 Å². The fraction of sp³-hybridized carbons (Fsp3) is 0.455. The van der Waals surface area contributed by atoms with Gasteiger partial charge in [-0.25, -0.2) is 8.42 Å². The number of alkyl halides is 1. The Balaban J connectivity index is 2.46. The summed E-state index contributed by atoms with van der Waals surface area (Å²) < 4.78 is 34.2. The van der Waals surface area contributed by atoms with E-state index in [-0.39, 0.29) is 12.6 Å². The Morgan fingerprint density at radius 1 is 1.07 bits per heavy atom. The Morgan fingerprint density at radius 2 is 1.67 bits per heavy atom. The fourth-order valence-corrected chi connectivity index (χ4v) is 8.55. The first-order chi connectivity index (χ1) is 14.2. The Morgan fingerprint density at radius 3 is 2.17 bits per heavy atom. The summed E-state index contributed by atoms with van der Waals surface area (Å²) in [5, 5.41) is 0.414. The maximum Gasteiger partial charge on any atom is 0.232 e. The highest BCUT2D eigenvalue weighted by Crippen LogP contribution is 2.36. The van der Waals surface area contributed by atoms with Gasteiger partial charge in [0.1, 0.15) is 0 Å². The summed E-state index contributed by atoms with van der Waals surface area (Å²) >= 11 is 8.83. The largest absolute Gasteiger partial charge is 0.409 e. The first kappa shape index (κ1) is 25.6. The van der Waals surface area contributed by atoms with E-state index in [0.29, 0.717) is 10.7 Å². The first-order valence-electron chi connectivity index (χ1n) is 10.2. The zero-order valence-corrected chi connectivity index (χ0v) is 22.8. The molecular weight excluding hydrogens is 549 g/mol. The van der Waals surface area contributed by atoms with E-state index < -0.39 is 18.3 Å². The van der Waals surface area contributed by atoms with Gasteiger partial charge in [-0.2, -0.15) is 0 Å². The molecule has 2 aromatic carbocycles. The van der Waals surface area contributed by atoms with Gasteiger partial charge in [-0.3, -0.25) is 4.31 Å². The predicted octanol–water partition coefficient (Wildman–Crippen LogP) is 6.80. The van der Waals surface area contributed by atoms with Gasteiger partial charge in [-0.1, -0.05) is 91.4 Å². The molecule has 0 fully saturated rings. The second-order valence-electron chi connectivity index (χ2n) is 7.47. The SMILES string of the molecule is CC[Si](CC)(CC)O[C@@H](CI)c1ccc(Cl)c(N(Cc2ccccc2)S(C)(=O)=O)c1. The van der Waals surface area contributed by atoms with Crippen molar-refractivity contribution in [1.29, 1.82) is 0 Å². The highest BCUT2D eigenvalue weighted by atomic mass is 127. The fourth-order valence-electron chi connectivity index (χ4n) is 3.54. The smallest absolute Gasteiger partial charge is 0.232 e. The summed E-state index contributed by atoms with van der Waals surface area (Å²) in [4.78, 5) is 0. The van der Waals surface area contributed by atoms with Crippen LogP contribution in [0.5, 0.6) is 0 Å². The minimum Gasteiger partial charge on any atom is -0.409 e. The van der Waals surface area contributed by atoms with Gasteiger partial charge in [-0.05, 0) is 41.4 Å². The van der Waals surface area contributed by atoms with Crippen molar-refractivity contribution in [3.63, 3.8) is 0 Å². The highest BCUT2D eigenvalue weighted by Gasteiger charge is 2.32. The van der Waals surface area contributed by atoms with E-state index in [1.54, 1.807) is 6.07 Å². The Kier molecular flexibility index (Phi) is 9.67. The molecule has 8 heteroatoms. The lowest BCUT2D eigenvalue weighted by atomic mass is 10.1. The van der Waals surface area contributed by atoms with Crippen molar-refractivity contribution in [2.75, 3.05) is 15.0 Å². The number of hydrogen-bond donors (Lipinski definition) is 0. The summed E-state index contributed by atoms with van der Waals surface area (Å²) in [6.07, 6.45) is 1.14. The summed E-state index contributed by atoms with van der Waals surface area (Å²) in [5.74, 6) is 0. The number of halogens is 2. The van der Waals surface area contributed by atoms with Crippen LogP contribution in [0.25, 0.3) is 0 Å². The molecule has 0 spiro atoms. The molecule has 2 aromatic rings. The van der Waals surface area contributed by atoms with Gasteiger partial charge in [0, 0.05) is 4.43 Å². The molecule has 4 nitrogen and oxygen atoms in total. The van der Waals surface area contributed by atoms with E-state index in [1.165, 1.54) is 10.6 Å². The molecule has 0 saturated heterocycles. The molecule has 0 aromatic heterocycles. The van der Waals surface area contributed by atoms with Crippen molar-refractivity contribution in [2.45, 2.75) is 51.6 Å². The lowest BCUT2D eigenvalue weighted by molar-refractivity contribution is 0.217. The van der Waals surface area contributed by atoms with Crippen LogP contribution in [0, 0.1) is 0 Å². The number of anilines is 1. The Hall–Kier alpha value is -0.613. The number of rotatable bonds is 11. The molecule has 0 aliphatic carbocycles. The predicted molar refractivity (Wildman–Crippen MR) is 139 cm³/mol. The van der Waals surface area contributed by atoms with E-state index in [1.807, 2.05) is 42.5 Å². The third-order valence-corrected chi connectivity index (χ3v) is 12.5. The second kappa shape index (κ2) is 11.3. The number of sulfonamides is 1. The molecule has 0 radical (unpaired) electrons. The maximum atomic E-state index is 12.6. The first-order valence-corrected chi connectivity index (χ1v) is 16.5. The molecule has 0 heterocycles. The van der Waals surface area contributed by atoms with Crippen LogP contribution in [0.2, 0.25) is 23.2 Å². The van der Waals surface area contributed by atoms with Crippen LogP contribution in [-0.4, -0.2) is 27.4 Å². The molecule has 2 rings (SSSR count). The molecule has 0 bridgehead atoms. The molecule has 0 saturated carbocycles. The van der Waals surface area contributed by atoms with Crippen molar-refractivity contribution in [2.24, 2.45) is 0 Å². The van der Waals surface area contributed by atoms with Crippen LogP contribution in [0.1, 0.15) is 38.0 Å². The zero-order chi connectivity index (χ0) is 22.4. The van der Waals surface area contributed by atoms with Crippen molar-refractivity contribution < 1.29 is 12.8 Å². The lowest BCUT2D eigenvalue weighted by Gasteiger charge is -2.33. The second-order valence-corrected chi connectivity index (χ2v) is 15.4. The topological polar surface area (TPSA) is 46.6 Å². The van der Waals surface area contributed by atoms with E-state index >= 15 is 0 Å². The van der Waals surface area contributed by atoms with Crippen LogP contribution in [0.3, 0.4) is 0 Å². The van der Waals surface area contributed by atoms with Crippen molar-refractivity contribution in [1.82, 2.24) is 0 Å². The quantitative estimate of drug-likeness (QED) is 0.167. The van der Waals surface area contributed by atoms with Gasteiger partial charge >= 0.3 is 0 Å². The average molecular weight is 580 g/mol. The summed E-state index contributed by atoms with van der Waals surface area (Å²) in [6, 6.07) is 18.4. The molecular formula is C22H31ClINO3SSi. The Bertz CT molecular complexity index is 915. The van der Waals surface area contributed by atoms with Gasteiger partial charge < -0.3 is 4.43 Å². The monoisotopic (exact) mass is 579 g/mol. The van der Waals surface area contributed by atoms with Gasteiger partial charge in [0.2, 0.25) is 10.0 Å². The number of benzene rings is 2. The van der Waals surface area contributed by atoms with Crippen LogP contribution in [0.4, 0.5) is 5.69 Å². The third-order valence-electron chi connectivity index (χ3n) is 5.65. The van der Waals surface area contributed by atoms with Crippen LogP contribution < -0.4 is 4.31 Å². The molecule has 0 unspecified atom stereocenters. The minimum atomic E-state index is -3.52. The molecule has 0 amide bonds. The summed E-state index contributed by atoms with van der Waals surface area (Å²) in [6.45, 7) is 6.86. The molecule has 0 N–H and O–H groups in total. The van der Waals surface area contributed by atoms with Crippen molar-refractivity contribution in [3.05, 3.63) is 64.7 Å². The van der Waals surface area contributed by atoms with Gasteiger partial charge in [0.05, 0.1) is 29.6 Å². The van der Waals surface area contributed by atoms with Crippen LogP contribution in [-0.2, 0) is 21.0 Å². The van der Waals surface area contributed by atoms with Gasteiger partial charge in [0.25, 0.3) is 0 Å². The maximum absolute atomic E-state index is 12.6. The molecule has 0 aliphatic rings. The van der Waals surface area contributed by atoms with E-state index in [4.69, 9.17) is 16.0 Å². The summed E-state index contributed by atoms with van der Waals surface area (Å²) in [7, 11) is -5.33. The third kappa shape index (κ3) is 6.45. The molecule has 30 heavy (non-hydrogen) atoms. The minimum absolute atomic E-state index is 0.0775. The lowest BCUT2D eigenvalue weighted by Crippen LogP contribution is -2.37. The van der Waals surface area contributed by atoms with Crippen molar-refractivity contribution in [3.8, 4) is 0 Å². The number of nitrogens with zero attached hydrogens (tertiary/aromatic N) is 1. The molecule has 166 valence electrons. The summed E-state index contributed by atoms with van der Waals surface area (Å²) in [5.41, 5.74) is 2.37. The molecule has 1 atom stereocenters. The van der Waals surface area contributed by atoms with Crippen molar-refractivity contribution >= 4 is 58.2 Å². The Labute approximate surface area is 201 Å². The van der Waals surface area contributed by atoms with Gasteiger partial charge in [-0.15, -0.1) is 0 Å². The zero-order valence-electron chi connectivity index (χ0n) is 18.1. The number of hydrogen-bond acceptors (Lipinski definition) is 3. The van der Waals surface area contributed by atoms with E-state index in [9.17, 15) is 8.42 Å². The average Bonchev–Trinajstić information content (AvgIpc) is 2.74. The van der Waals surface area contributed by atoms with Crippen LogP contribution in [0.15, 0.2) is 48.5 Å². The van der Waals surface area contributed by atoms with Gasteiger partial charge in [0.15, 0.2) is 8.32 Å².